The molecule has 22 heavy (non-hydrogen) atoms. The number of hydrogen-bond donors (Lipinski definition) is 3. The molecule has 5 nitrogen and oxygen atoms in total. The van der Waals surface area contributed by atoms with E-state index in [4.69, 9.17) is 5.11 Å². The zero-order chi connectivity index (χ0) is 15.9. The first-order valence-corrected chi connectivity index (χ1v) is 7.51. The van der Waals surface area contributed by atoms with Crippen molar-refractivity contribution < 1.29 is 18.7 Å². The number of benzene rings is 1. The molecule has 0 aliphatic carbocycles. The number of hydrogen-bond acceptors (Lipinski definition) is 3. The van der Waals surface area contributed by atoms with Crippen molar-refractivity contribution in [2.24, 2.45) is 0 Å². The molecule has 1 saturated heterocycles. The first-order chi connectivity index (χ1) is 10.6. The summed E-state index contributed by atoms with van der Waals surface area (Å²) in [6, 6.07) is 1.69. The Morgan fingerprint density at radius 1 is 1.18 bits per heavy atom. The second-order valence-corrected chi connectivity index (χ2v) is 5.29. The van der Waals surface area contributed by atoms with Crippen molar-refractivity contribution >= 4 is 17.4 Å². The van der Waals surface area contributed by atoms with Crippen LogP contribution in [0.2, 0.25) is 0 Å². The molecule has 1 aliphatic rings. The lowest BCUT2D eigenvalue weighted by molar-refractivity contribution is 0.249. The predicted octanol–water partition coefficient (Wildman–Crippen LogP) is 2.46. The number of carbonyl (C=O) groups excluding carboxylic acids is 1. The molecule has 2 amide bonds. The van der Waals surface area contributed by atoms with Crippen LogP contribution in [0.5, 0.6) is 0 Å². The maximum absolute atomic E-state index is 14.2. The van der Waals surface area contributed by atoms with Crippen molar-refractivity contribution in [2.45, 2.75) is 25.7 Å². The van der Waals surface area contributed by atoms with Crippen LogP contribution in [-0.4, -0.2) is 37.4 Å². The summed E-state index contributed by atoms with van der Waals surface area (Å²) in [4.78, 5) is 13.2. The summed E-state index contributed by atoms with van der Waals surface area (Å²) in [5, 5.41) is 13.5. The minimum atomic E-state index is -0.674. The fourth-order valence-electron chi connectivity index (χ4n) is 2.51. The third-order valence-electron chi connectivity index (χ3n) is 3.57. The van der Waals surface area contributed by atoms with Gasteiger partial charge in [0.2, 0.25) is 0 Å². The Balaban J connectivity index is 2.04. The first kappa shape index (κ1) is 16.5. The van der Waals surface area contributed by atoms with Crippen LogP contribution in [0.15, 0.2) is 12.1 Å². The third kappa shape index (κ3) is 4.30. The number of amides is 2. The van der Waals surface area contributed by atoms with Gasteiger partial charge in [-0.2, -0.15) is 0 Å². The Bertz CT molecular complexity index is 497. The molecule has 1 fully saturated rings. The highest BCUT2D eigenvalue weighted by atomic mass is 19.1. The average molecular weight is 313 g/mol. The summed E-state index contributed by atoms with van der Waals surface area (Å²) < 4.78 is 28.3. The van der Waals surface area contributed by atoms with Crippen molar-refractivity contribution in [1.29, 1.82) is 0 Å². The van der Waals surface area contributed by atoms with E-state index in [1.54, 1.807) is 4.90 Å². The minimum Gasteiger partial charge on any atom is -0.396 e. The number of aliphatic hydroxyl groups excluding tert-OH is 1. The van der Waals surface area contributed by atoms with Gasteiger partial charge in [-0.3, -0.25) is 0 Å². The smallest absolute Gasteiger partial charge is 0.319 e. The molecule has 0 aromatic heterocycles. The summed E-state index contributed by atoms with van der Waals surface area (Å²) in [6.07, 6.45) is 3.34. The van der Waals surface area contributed by atoms with E-state index in [1.165, 1.54) is 0 Å². The van der Waals surface area contributed by atoms with Crippen LogP contribution in [0.25, 0.3) is 0 Å². The number of carbonyl (C=O) groups is 1. The highest BCUT2D eigenvalue weighted by molar-refractivity contribution is 5.89. The Morgan fingerprint density at radius 3 is 2.41 bits per heavy atom. The van der Waals surface area contributed by atoms with Gasteiger partial charge in [0.15, 0.2) is 11.6 Å². The van der Waals surface area contributed by atoms with Gasteiger partial charge in [0.05, 0.1) is 0 Å². The lowest BCUT2D eigenvalue weighted by Gasteiger charge is -2.29. The first-order valence-electron chi connectivity index (χ1n) is 7.51. The van der Waals surface area contributed by atoms with Crippen LogP contribution >= 0.6 is 0 Å². The molecule has 122 valence electrons. The van der Waals surface area contributed by atoms with Gasteiger partial charge in [0.25, 0.3) is 0 Å². The van der Waals surface area contributed by atoms with E-state index in [0.29, 0.717) is 26.1 Å². The van der Waals surface area contributed by atoms with Crippen LogP contribution < -0.4 is 15.5 Å². The van der Waals surface area contributed by atoms with E-state index in [1.807, 2.05) is 0 Å². The van der Waals surface area contributed by atoms with Crippen molar-refractivity contribution in [3.05, 3.63) is 23.8 Å². The van der Waals surface area contributed by atoms with Crippen molar-refractivity contribution in [1.82, 2.24) is 5.32 Å². The summed E-state index contributed by atoms with van der Waals surface area (Å²) in [5.41, 5.74) is 0.0446. The van der Waals surface area contributed by atoms with Gasteiger partial charge in [-0.05, 0) is 37.8 Å². The van der Waals surface area contributed by atoms with Gasteiger partial charge >= 0.3 is 6.03 Å². The second kappa shape index (κ2) is 7.93. The van der Waals surface area contributed by atoms with Crippen molar-refractivity contribution in [3.63, 3.8) is 0 Å². The molecule has 0 saturated carbocycles. The molecule has 2 rings (SSSR count). The molecule has 0 bridgehead atoms. The number of halogens is 2. The summed E-state index contributed by atoms with van der Waals surface area (Å²) in [5.74, 6) is -1.35. The van der Waals surface area contributed by atoms with Crippen LogP contribution in [0.3, 0.4) is 0 Å². The zero-order valence-electron chi connectivity index (χ0n) is 12.4. The molecule has 1 heterocycles. The van der Waals surface area contributed by atoms with Crippen molar-refractivity contribution in [3.8, 4) is 0 Å². The number of piperidine rings is 1. The summed E-state index contributed by atoms with van der Waals surface area (Å²) in [6.45, 7) is 1.54. The van der Waals surface area contributed by atoms with Crippen LogP contribution in [0, 0.1) is 11.6 Å². The van der Waals surface area contributed by atoms with E-state index in [-0.39, 0.29) is 18.0 Å². The monoisotopic (exact) mass is 313 g/mol. The summed E-state index contributed by atoms with van der Waals surface area (Å²) >= 11 is 0. The number of rotatable bonds is 5. The van der Waals surface area contributed by atoms with E-state index in [9.17, 15) is 13.6 Å². The maximum atomic E-state index is 14.2. The molecule has 3 N–H and O–H groups in total. The molecule has 0 unspecified atom stereocenters. The second-order valence-electron chi connectivity index (χ2n) is 5.29. The Kier molecular flexibility index (Phi) is 5.94. The molecule has 0 spiro atoms. The third-order valence-corrected chi connectivity index (χ3v) is 3.57. The standard InChI is InChI=1S/C15H21F2N3O2/c16-12-9-11(19-15(22)18-5-4-8-21)10-13(17)14(12)20-6-2-1-3-7-20/h9-10,21H,1-8H2,(H2,18,19,22). The number of urea groups is 1. The Morgan fingerprint density at radius 2 is 1.82 bits per heavy atom. The number of aliphatic hydroxyl groups is 1. The molecule has 1 aromatic rings. The highest BCUT2D eigenvalue weighted by Crippen LogP contribution is 2.29. The van der Waals surface area contributed by atoms with Crippen LogP contribution in [0.1, 0.15) is 25.7 Å². The minimum absolute atomic E-state index is 0.0223. The topological polar surface area (TPSA) is 64.6 Å². The average Bonchev–Trinajstić information content (AvgIpc) is 2.48. The fraction of sp³-hybridized carbons (Fsp3) is 0.533. The molecule has 1 aromatic carbocycles. The lowest BCUT2D eigenvalue weighted by Crippen LogP contribution is -2.32. The van der Waals surface area contributed by atoms with E-state index < -0.39 is 17.7 Å². The Labute approximate surface area is 128 Å². The number of anilines is 2. The molecule has 7 heteroatoms. The molecule has 0 atom stereocenters. The van der Waals surface area contributed by atoms with Crippen LogP contribution in [-0.2, 0) is 0 Å². The number of nitrogens with one attached hydrogen (secondary N) is 2. The normalized spacial score (nSPS) is 14.8. The highest BCUT2D eigenvalue weighted by Gasteiger charge is 2.20. The van der Waals surface area contributed by atoms with Gasteiger partial charge in [0, 0.05) is 31.9 Å². The van der Waals surface area contributed by atoms with Gasteiger partial charge in [-0.25, -0.2) is 13.6 Å². The largest absolute Gasteiger partial charge is 0.396 e. The van der Waals surface area contributed by atoms with Gasteiger partial charge < -0.3 is 20.6 Å². The zero-order valence-corrected chi connectivity index (χ0v) is 12.4. The van der Waals surface area contributed by atoms with Gasteiger partial charge in [-0.15, -0.1) is 0 Å². The fourth-order valence-corrected chi connectivity index (χ4v) is 2.51. The lowest BCUT2D eigenvalue weighted by atomic mass is 10.1. The van der Waals surface area contributed by atoms with E-state index >= 15 is 0 Å². The molecular formula is C15H21F2N3O2. The van der Waals surface area contributed by atoms with Crippen molar-refractivity contribution in [2.75, 3.05) is 36.5 Å². The maximum Gasteiger partial charge on any atom is 0.319 e. The molecule has 1 aliphatic heterocycles. The molecule has 0 radical (unpaired) electrons. The van der Waals surface area contributed by atoms with Gasteiger partial charge in [-0.1, -0.05) is 0 Å². The predicted molar refractivity (Wildman–Crippen MR) is 81.1 cm³/mol. The summed E-state index contributed by atoms with van der Waals surface area (Å²) in [7, 11) is 0. The SMILES string of the molecule is O=C(NCCCO)Nc1cc(F)c(N2CCCCC2)c(F)c1. The quantitative estimate of drug-likeness (QED) is 0.732. The van der Waals surface area contributed by atoms with Crippen LogP contribution in [0.4, 0.5) is 25.0 Å². The van der Waals surface area contributed by atoms with E-state index in [0.717, 1.165) is 31.4 Å². The number of nitrogens with zero attached hydrogens (tertiary/aromatic N) is 1. The molecular weight excluding hydrogens is 292 g/mol. The Hall–Kier alpha value is -1.89. The van der Waals surface area contributed by atoms with Gasteiger partial charge in [0.1, 0.15) is 5.69 Å². The van der Waals surface area contributed by atoms with E-state index in [2.05, 4.69) is 10.6 Å².